The molecule has 0 saturated carbocycles. The van der Waals surface area contributed by atoms with Gasteiger partial charge in [-0.15, -0.1) is 0 Å². The Hall–Kier alpha value is -2.29. The predicted molar refractivity (Wildman–Crippen MR) is 60.3 cm³/mol. The molecule has 0 aliphatic heterocycles. The lowest BCUT2D eigenvalue weighted by molar-refractivity contribution is -0.139. The summed E-state index contributed by atoms with van der Waals surface area (Å²) in [4.78, 5) is 21.7. The lowest BCUT2D eigenvalue weighted by atomic mass is 10.1. The molecular weight excluding hydrogens is 261 g/mol. The van der Waals surface area contributed by atoms with Crippen LogP contribution in [-0.4, -0.2) is 25.0 Å². The SMILES string of the molecule is COC(=O)CC#Cc1ccc(C(=O)C(F)(F)F)cc1. The lowest BCUT2D eigenvalue weighted by Gasteiger charge is -2.04. The molecule has 0 heterocycles. The van der Waals surface area contributed by atoms with Crippen LogP contribution in [0.4, 0.5) is 13.2 Å². The van der Waals surface area contributed by atoms with Crippen LogP contribution in [0.2, 0.25) is 0 Å². The zero-order valence-corrected chi connectivity index (χ0v) is 9.88. The Kier molecular flexibility index (Phi) is 4.70. The second kappa shape index (κ2) is 6.05. The van der Waals surface area contributed by atoms with Crippen molar-refractivity contribution in [2.24, 2.45) is 0 Å². The van der Waals surface area contributed by atoms with Crippen molar-refractivity contribution >= 4 is 11.8 Å². The van der Waals surface area contributed by atoms with Crippen LogP contribution in [0.1, 0.15) is 22.3 Å². The lowest BCUT2D eigenvalue weighted by Crippen LogP contribution is -2.22. The third kappa shape index (κ3) is 4.47. The topological polar surface area (TPSA) is 43.4 Å². The summed E-state index contributed by atoms with van der Waals surface area (Å²) < 4.78 is 40.8. The molecular formula is C13H9F3O3. The quantitative estimate of drug-likeness (QED) is 0.470. The van der Waals surface area contributed by atoms with E-state index >= 15 is 0 Å². The number of ketones is 1. The van der Waals surface area contributed by atoms with Gasteiger partial charge in [-0.2, -0.15) is 13.2 Å². The van der Waals surface area contributed by atoms with Crippen LogP contribution in [0.5, 0.6) is 0 Å². The van der Waals surface area contributed by atoms with Gasteiger partial charge in [0.25, 0.3) is 5.78 Å². The maximum atomic E-state index is 12.1. The minimum atomic E-state index is -4.89. The maximum Gasteiger partial charge on any atom is 0.454 e. The van der Waals surface area contributed by atoms with E-state index in [1.165, 1.54) is 19.2 Å². The van der Waals surface area contributed by atoms with E-state index in [0.29, 0.717) is 5.56 Å². The number of ether oxygens (including phenoxy) is 1. The van der Waals surface area contributed by atoms with Crippen molar-refractivity contribution in [1.29, 1.82) is 0 Å². The Morgan fingerprint density at radius 3 is 2.26 bits per heavy atom. The summed E-state index contributed by atoms with van der Waals surface area (Å²) in [5, 5.41) is 0. The van der Waals surface area contributed by atoms with Crippen LogP contribution in [0.15, 0.2) is 24.3 Å². The number of esters is 1. The van der Waals surface area contributed by atoms with Gasteiger partial charge in [-0.3, -0.25) is 9.59 Å². The molecule has 0 saturated heterocycles. The summed E-state index contributed by atoms with van der Waals surface area (Å²) in [5.41, 5.74) is -0.0476. The highest BCUT2D eigenvalue weighted by Crippen LogP contribution is 2.21. The first-order chi connectivity index (χ1) is 8.84. The fraction of sp³-hybridized carbons (Fsp3) is 0.231. The zero-order valence-electron chi connectivity index (χ0n) is 9.88. The molecule has 0 N–H and O–H groups in total. The molecule has 0 fully saturated rings. The Balaban J connectivity index is 2.77. The van der Waals surface area contributed by atoms with Crippen molar-refractivity contribution in [3.05, 3.63) is 35.4 Å². The van der Waals surface area contributed by atoms with E-state index in [-0.39, 0.29) is 6.42 Å². The highest BCUT2D eigenvalue weighted by atomic mass is 19.4. The third-order valence-electron chi connectivity index (χ3n) is 2.10. The van der Waals surface area contributed by atoms with Gasteiger partial charge in [0, 0.05) is 11.1 Å². The minimum Gasteiger partial charge on any atom is -0.468 e. The fourth-order valence-corrected chi connectivity index (χ4v) is 1.16. The van der Waals surface area contributed by atoms with E-state index in [1.807, 2.05) is 0 Å². The first-order valence-corrected chi connectivity index (χ1v) is 5.12. The number of carbonyl (C=O) groups is 2. The summed E-state index contributed by atoms with van der Waals surface area (Å²) >= 11 is 0. The van der Waals surface area contributed by atoms with Crippen LogP contribution in [0, 0.1) is 11.8 Å². The molecule has 0 amide bonds. The standard InChI is InChI=1S/C13H9F3O3/c1-19-11(17)4-2-3-9-5-7-10(8-6-9)12(18)13(14,15)16/h5-8H,4H2,1H3. The molecule has 0 aliphatic rings. The summed E-state index contributed by atoms with van der Waals surface area (Å²) in [5.74, 6) is 2.67. The Labute approximate surface area is 107 Å². The number of Topliss-reactive ketones (excluding diaryl/α,β-unsaturated/α-hetero) is 1. The Morgan fingerprint density at radius 1 is 1.21 bits per heavy atom. The second-order valence-corrected chi connectivity index (χ2v) is 3.46. The number of methoxy groups -OCH3 is 1. The van der Waals surface area contributed by atoms with Crippen molar-refractivity contribution < 1.29 is 27.5 Å². The van der Waals surface area contributed by atoms with E-state index in [1.54, 1.807) is 0 Å². The van der Waals surface area contributed by atoms with E-state index in [9.17, 15) is 22.8 Å². The summed E-state index contributed by atoms with van der Waals surface area (Å²) in [6.45, 7) is 0. The molecule has 0 aliphatic carbocycles. The van der Waals surface area contributed by atoms with E-state index in [0.717, 1.165) is 12.1 Å². The molecule has 19 heavy (non-hydrogen) atoms. The van der Waals surface area contributed by atoms with Crippen molar-refractivity contribution in [3.63, 3.8) is 0 Å². The van der Waals surface area contributed by atoms with E-state index in [2.05, 4.69) is 16.6 Å². The number of hydrogen-bond donors (Lipinski definition) is 0. The van der Waals surface area contributed by atoms with Crippen molar-refractivity contribution in [1.82, 2.24) is 0 Å². The molecule has 0 spiro atoms. The fourth-order valence-electron chi connectivity index (χ4n) is 1.16. The average Bonchev–Trinajstić information content (AvgIpc) is 2.37. The number of alkyl halides is 3. The second-order valence-electron chi connectivity index (χ2n) is 3.46. The first kappa shape index (κ1) is 14.8. The minimum absolute atomic E-state index is 0.111. The van der Waals surface area contributed by atoms with Crippen LogP contribution in [-0.2, 0) is 9.53 Å². The van der Waals surface area contributed by atoms with Gasteiger partial charge in [0.2, 0.25) is 0 Å². The summed E-state index contributed by atoms with van der Waals surface area (Å²) in [7, 11) is 1.22. The highest BCUT2D eigenvalue weighted by molar-refractivity contribution is 6.00. The van der Waals surface area contributed by atoms with Gasteiger partial charge in [-0.05, 0) is 24.3 Å². The normalized spacial score (nSPS) is 10.3. The van der Waals surface area contributed by atoms with Crippen molar-refractivity contribution in [2.75, 3.05) is 7.11 Å². The molecule has 0 unspecified atom stereocenters. The molecule has 0 radical (unpaired) electrons. The Bertz CT molecular complexity index is 533. The molecule has 1 aromatic carbocycles. The highest BCUT2D eigenvalue weighted by Gasteiger charge is 2.39. The summed E-state index contributed by atoms with van der Waals surface area (Å²) in [6.07, 6.45) is -5.00. The van der Waals surface area contributed by atoms with Crippen molar-refractivity contribution in [3.8, 4) is 11.8 Å². The first-order valence-electron chi connectivity index (χ1n) is 5.12. The summed E-state index contributed by atoms with van der Waals surface area (Å²) in [6, 6.07) is 4.64. The average molecular weight is 270 g/mol. The van der Waals surface area contributed by atoms with Crippen LogP contribution >= 0.6 is 0 Å². The van der Waals surface area contributed by atoms with Gasteiger partial charge in [0.1, 0.15) is 6.42 Å². The number of hydrogen-bond acceptors (Lipinski definition) is 3. The number of carbonyl (C=O) groups excluding carboxylic acids is 2. The maximum absolute atomic E-state index is 12.1. The third-order valence-corrected chi connectivity index (χ3v) is 2.10. The number of halogens is 3. The van der Waals surface area contributed by atoms with Gasteiger partial charge in [0.05, 0.1) is 7.11 Å². The Morgan fingerprint density at radius 2 is 1.79 bits per heavy atom. The van der Waals surface area contributed by atoms with Crippen LogP contribution in [0.3, 0.4) is 0 Å². The molecule has 1 aromatic rings. The zero-order chi connectivity index (χ0) is 14.5. The number of benzene rings is 1. The van der Waals surface area contributed by atoms with Gasteiger partial charge < -0.3 is 4.74 Å². The monoisotopic (exact) mass is 270 g/mol. The predicted octanol–water partition coefficient (Wildman–Crippen LogP) is 2.35. The van der Waals surface area contributed by atoms with Crippen LogP contribution < -0.4 is 0 Å². The molecule has 0 bridgehead atoms. The molecule has 0 aromatic heterocycles. The molecule has 0 atom stereocenters. The van der Waals surface area contributed by atoms with E-state index in [4.69, 9.17) is 0 Å². The largest absolute Gasteiger partial charge is 0.468 e. The molecule has 1 rings (SSSR count). The molecule has 3 nitrogen and oxygen atoms in total. The number of rotatable bonds is 2. The van der Waals surface area contributed by atoms with Crippen LogP contribution in [0.25, 0.3) is 0 Å². The molecule has 6 heteroatoms. The van der Waals surface area contributed by atoms with Gasteiger partial charge >= 0.3 is 12.1 Å². The molecule has 100 valence electrons. The van der Waals surface area contributed by atoms with Crippen molar-refractivity contribution in [2.45, 2.75) is 12.6 Å². The van der Waals surface area contributed by atoms with Gasteiger partial charge in [-0.25, -0.2) is 0 Å². The van der Waals surface area contributed by atoms with Gasteiger partial charge in [-0.1, -0.05) is 11.8 Å². The smallest absolute Gasteiger partial charge is 0.454 e. The van der Waals surface area contributed by atoms with Gasteiger partial charge in [0.15, 0.2) is 0 Å². The van der Waals surface area contributed by atoms with E-state index < -0.39 is 23.5 Å².